The van der Waals surface area contributed by atoms with Gasteiger partial charge in [-0.05, 0) is 48.9 Å². The maximum Gasteiger partial charge on any atom is 0.328 e. The molecule has 2 saturated heterocycles. The van der Waals surface area contributed by atoms with Crippen LogP contribution in [0.15, 0.2) is 54.6 Å². The lowest BCUT2D eigenvalue weighted by Gasteiger charge is -2.25. The zero-order valence-electron chi connectivity index (χ0n) is 18.0. The topological polar surface area (TPSA) is 59.1 Å². The molecule has 2 aliphatic rings. The summed E-state index contributed by atoms with van der Waals surface area (Å²) < 4.78 is 11.0. The molecular formula is C25H30N2O4. The molecule has 2 aromatic carbocycles. The standard InChI is InChI=1S/C25H30N2O4/c1-30-25(29)23-8-5-14-27(23)24(28)18-26-15-13-22(17-26)31-21-11-9-20(10-12-21)16-19-6-3-2-4-7-19/h2-4,6-7,9-12,22-23H,5,8,13-18H2,1H3. The van der Waals surface area contributed by atoms with Gasteiger partial charge in [-0.1, -0.05) is 42.5 Å². The maximum atomic E-state index is 12.7. The minimum atomic E-state index is -0.429. The molecule has 2 aromatic rings. The van der Waals surface area contributed by atoms with E-state index < -0.39 is 6.04 Å². The Balaban J connectivity index is 1.25. The molecule has 0 spiro atoms. The Morgan fingerprint density at radius 2 is 1.71 bits per heavy atom. The molecule has 31 heavy (non-hydrogen) atoms. The van der Waals surface area contributed by atoms with E-state index >= 15 is 0 Å². The van der Waals surface area contributed by atoms with Crippen LogP contribution in [-0.2, 0) is 20.7 Å². The maximum absolute atomic E-state index is 12.7. The fourth-order valence-electron chi connectivity index (χ4n) is 4.48. The lowest BCUT2D eigenvalue weighted by atomic mass is 10.1. The third-order valence-electron chi connectivity index (χ3n) is 6.11. The largest absolute Gasteiger partial charge is 0.489 e. The third-order valence-corrected chi connectivity index (χ3v) is 6.11. The van der Waals surface area contributed by atoms with Gasteiger partial charge in [0.25, 0.3) is 0 Å². The lowest BCUT2D eigenvalue weighted by molar-refractivity contribution is -0.151. The number of amides is 1. The number of carbonyl (C=O) groups excluding carboxylic acids is 2. The van der Waals surface area contributed by atoms with Gasteiger partial charge in [-0.25, -0.2) is 4.79 Å². The second-order valence-electron chi connectivity index (χ2n) is 8.34. The summed E-state index contributed by atoms with van der Waals surface area (Å²) in [6, 6.07) is 18.3. The fourth-order valence-corrected chi connectivity index (χ4v) is 4.48. The molecule has 0 radical (unpaired) electrons. The SMILES string of the molecule is COC(=O)C1CCCN1C(=O)CN1CCC(Oc2ccc(Cc3ccccc3)cc2)C1. The first kappa shape index (κ1) is 21.4. The van der Waals surface area contributed by atoms with Gasteiger partial charge in [-0.15, -0.1) is 0 Å². The van der Waals surface area contributed by atoms with Gasteiger partial charge in [0.1, 0.15) is 17.9 Å². The van der Waals surface area contributed by atoms with Crippen molar-refractivity contribution in [3.8, 4) is 5.75 Å². The number of rotatable bonds is 7. The Bertz CT molecular complexity index is 884. The average molecular weight is 423 g/mol. The van der Waals surface area contributed by atoms with Crippen molar-refractivity contribution in [2.45, 2.75) is 37.8 Å². The van der Waals surface area contributed by atoms with Gasteiger partial charge in [0.05, 0.1) is 13.7 Å². The first-order valence-corrected chi connectivity index (χ1v) is 11.0. The minimum absolute atomic E-state index is 0.00110. The monoisotopic (exact) mass is 422 g/mol. The molecule has 6 heteroatoms. The normalized spacial score (nSPS) is 21.3. The summed E-state index contributed by atoms with van der Waals surface area (Å²) in [4.78, 5) is 28.4. The van der Waals surface area contributed by atoms with Gasteiger partial charge in [0.15, 0.2) is 0 Å². The molecule has 2 aliphatic heterocycles. The van der Waals surface area contributed by atoms with Crippen molar-refractivity contribution < 1.29 is 19.1 Å². The van der Waals surface area contributed by atoms with Crippen LogP contribution < -0.4 is 4.74 Å². The zero-order chi connectivity index (χ0) is 21.6. The Kier molecular flexibility index (Phi) is 6.87. The highest BCUT2D eigenvalue weighted by atomic mass is 16.5. The van der Waals surface area contributed by atoms with Crippen LogP contribution in [0, 0.1) is 0 Å². The second-order valence-corrected chi connectivity index (χ2v) is 8.34. The third kappa shape index (κ3) is 5.44. The highest BCUT2D eigenvalue weighted by molar-refractivity contribution is 5.86. The number of benzene rings is 2. The van der Waals surface area contributed by atoms with Crippen molar-refractivity contribution in [3.05, 3.63) is 65.7 Å². The van der Waals surface area contributed by atoms with Crippen LogP contribution in [0.1, 0.15) is 30.4 Å². The smallest absolute Gasteiger partial charge is 0.328 e. The van der Waals surface area contributed by atoms with E-state index in [2.05, 4.69) is 41.3 Å². The van der Waals surface area contributed by atoms with Crippen molar-refractivity contribution in [2.75, 3.05) is 33.3 Å². The van der Waals surface area contributed by atoms with Crippen molar-refractivity contribution in [1.29, 1.82) is 0 Å². The van der Waals surface area contributed by atoms with E-state index in [0.717, 1.165) is 31.6 Å². The molecule has 0 N–H and O–H groups in total. The van der Waals surface area contributed by atoms with Gasteiger partial charge in [-0.3, -0.25) is 9.69 Å². The summed E-state index contributed by atoms with van der Waals surface area (Å²) >= 11 is 0. The summed E-state index contributed by atoms with van der Waals surface area (Å²) in [7, 11) is 1.37. The summed E-state index contributed by atoms with van der Waals surface area (Å²) in [5.41, 5.74) is 2.54. The Morgan fingerprint density at radius 1 is 0.968 bits per heavy atom. The van der Waals surface area contributed by atoms with E-state index in [1.165, 1.54) is 18.2 Å². The lowest BCUT2D eigenvalue weighted by Crippen LogP contribution is -2.45. The molecule has 0 saturated carbocycles. The molecule has 0 aliphatic carbocycles. The van der Waals surface area contributed by atoms with Crippen LogP contribution in [0.2, 0.25) is 0 Å². The molecule has 0 bridgehead atoms. The number of hydrogen-bond acceptors (Lipinski definition) is 5. The molecule has 2 fully saturated rings. The number of carbonyl (C=O) groups is 2. The molecule has 0 aromatic heterocycles. The molecule has 6 nitrogen and oxygen atoms in total. The Labute approximate surface area is 183 Å². The number of ether oxygens (including phenoxy) is 2. The quantitative estimate of drug-likeness (QED) is 0.642. The van der Waals surface area contributed by atoms with Crippen LogP contribution in [-0.4, -0.2) is 67.1 Å². The van der Waals surface area contributed by atoms with Crippen LogP contribution in [0.25, 0.3) is 0 Å². The van der Waals surface area contributed by atoms with Crippen LogP contribution in [0.4, 0.5) is 0 Å². The first-order chi connectivity index (χ1) is 15.1. The van der Waals surface area contributed by atoms with E-state index in [4.69, 9.17) is 9.47 Å². The highest BCUT2D eigenvalue weighted by Crippen LogP contribution is 2.22. The predicted molar refractivity (Wildman–Crippen MR) is 118 cm³/mol. The molecule has 2 unspecified atom stereocenters. The van der Waals surface area contributed by atoms with E-state index in [9.17, 15) is 9.59 Å². The van der Waals surface area contributed by atoms with Crippen LogP contribution >= 0.6 is 0 Å². The molecule has 4 rings (SSSR count). The Morgan fingerprint density at radius 3 is 2.45 bits per heavy atom. The number of esters is 1. The van der Waals surface area contributed by atoms with Gasteiger partial charge >= 0.3 is 5.97 Å². The van der Waals surface area contributed by atoms with E-state index in [-0.39, 0.29) is 18.0 Å². The molecule has 2 atom stereocenters. The van der Waals surface area contributed by atoms with E-state index in [0.29, 0.717) is 26.1 Å². The van der Waals surface area contributed by atoms with Crippen molar-refractivity contribution in [1.82, 2.24) is 9.80 Å². The Hall–Kier alpha value is -2.86. The summed E-state index contributed by atoms with van der Waals surface area (Å²) in [5, 5.41) is 0. The van der Waals surface area contributed by atoms with E-state index in [1.807, 2.05) is 18.2 Å². The highest BCUT2D eigenvalue weighted by Gasteiger charge is 2.36. The van der Waals surface area contributed by atoms with Crippen LogP contribution in [0.5, 0.6) is 5.75 Å². The van der Waals surface area contributed by atoms with Crippen LogP contribution in [0.3, 0.4) is 0 Å². The van der Waals surface area contributed by atoms with Gasteiger partial charge < -0.3 is 14.4 Å². The predicted octanol–water partition coefficient (Wildman–Crippen LogP) is 2.89. The van der Waals surface area contributed by atoms with Gasteiger partial charge in [-0.2, -0.15) is 0 Å². The summed E-state index contributed by atoms with van der Waals surface area (Å²) in [6.45, 7) is 2.48. The minimum Gasteiger partial charge on any atom is -0.489 e. The van der Waals surface area contributed by atoms with Crippen molar-refractivity contribution in [2.24, 2.45) is 0 Å². The van der Waals surface area contributed by atoms with E-state index in [1.54, 1.807) is 4.90 Å². The molecule has 1 amide bonds. The number of likely N-dealkylation sites (tertiary alicyclic amines) is 2. The average Bonchev–Trinajstić information content (AvgIpc) is 3.45. The summed E-state index contributed by atoms with van der Waals surface area (Å²) in [6.07, 6.45) is 3.40. The molecule has 164 valence electrons. The number of hydrogen-bond donors (Lipinski definition) is 0. The molecular weight excluding hydrogens is 392 g/mol. The molecule has 2 heterocycles. The zero-order valence-corrected chi connectivity index (χ0v) is 18.0. The first-order valence-electron chi connectivity index (χ1n) is 11.0. The van der Waals surface area contributed by atoms with Gasteiger partial charge in [0, 0.05) is 19.6 Å². The van der Waals surface area contributed by atoms with Crippen molar-refractivity contribution >= 4 is 11.9 Å². The second kappa shape index (κ2) is 9.96. The number of nitrogens with zero attached hydrogens (tertiary/aromatic N) is 2. The van der Waals surface area contributed by atoms with Crippen molar-refractivity contribution in [3.63, 3.8) is 0 Å². The summed E-state index contributed by atoms with van der Waals surface area (Å²) in [5.74, 6) is 0.545. The fraction of sp³-hybridized carbons (Fsp3) is 0.440. The number of methoxy groups -OCH3 is 1. The van der Waals surface area contributed by atoms with Gasteiger partial charge in [0.2, 0.25) is 5.91 Å².